The third-order valence-electron chi connectivity index (χ3n) is 17.4. The van der Waals surface area contributed by atoms with Crippen molar-refractivity contribution in [1.29, 1.82) is 0 Å². The molecule has 4 fully saturated rings. The number of benzene rings is 3. The summed E-state index contributed by atoms with van der Waals surface area (Å²) in [6, 6.07) is 21.7. The zero-order valence-corrected chi connectivity index (χ0v) is 51.8. The average molecular weight is 1110 g/mol. The Morgan fingerprint density at radius 1 is 0.493 bits per heavy atom. The molecule has 0 saturated heterocycles. The summed E-state index contributed by atoms with van der Waals surface area (Å²) in [5, 5.41) is 0. The first kappa shape index (κ1) is 62.2. The molecule has 0 radical (unpaired) electrons. The molecule has 2 N–H and O–H groups in total. The van der Waals surface area contributed by atoms with Gasteiger partial charge in [0, 0.05) is 12.2 Å². The molecule has 0 aromatic heterocycles. The predicted molar refractivity (Wildman–Crippen MR) is 312 cm³/mol. The Morgan fingerprint density at radius 3 is 1.17 bits per heavy atom. The lowest BCUT2D eigenvalue weighted by molar-refractivity contribution is 0.00326. The van der Waals surface area contributed by atoms with Gasteiger partial charge in [-0.2, -0.15) is 0 Å². The fraction of sp³-hybridized carbons (Fsp3) is 0.705. The molecule has 3 aromatic carbocycles. The van der Waals surface area contributed by atoms with Crippen molar-refractivity contribution in [2.24, 2.45) is 71.0 Å². The first-order valence-corrected chi connectivity index (χ1v) is 34.7. The molecule has 0 spiro atoms. The highest BCUT2D eigenvalue weighted by molar-refractivity contribution is 8.47. The van der Waals surface area contributed by atoms with E-state index in [1.54, 1.807) is 24.3 Å². The zero-order chi connectivity index (χ0) is 54.9. The van der Waals surface area contributed by atoms with Crippen LogP contribution in [-0.4, -0.2) is 45.3 Å². The van der Waals surface area contributed by atoms with Gasteiger partial charge in [-0.05, 0) is 172 Å². The van der Waals surface area contributed by atoms with Gasteiger partial charge in [0.1, 0.15) is 0 Å². The van der Waals surface area contributed by atoms with Gasteiger partial charge in [-0.25, -0.2) is 16.8 Å². The summed E-state index contributed by atoms with van der Waals surface area (Å²) in [5.41, 5.74) is 9.77. The van der Waals surface area contributed by atoms with Crippen LogP contribution < -0.4 is 5.73 Å². The third-order valence-corrected chi connectivity index (χ3v) is 25.9. The number of nitrogens with zero attached hydrogens (tertiary/aromatic N) is 1. The molecular formula is C61H98N2O8P2S2. The Hall–Kier alpha value is -1.98. The molecule has 4 aliphatic rings. The number of hydrogen-bond acceptors (Lipinski definition) is 9. The van der Waals surface area contributed by atoms with Crippen LogP contribution in [0.1, 0.15) is 177 Å². The van der Waals surface area contributed by atoms with Gasteiger partial charge in [0.2, 0.25) is 19.5 Å². The number of anilines is 1. The maximum absolute atomic E-state index is 14.6. The normalized spacial score (nSPS) is 29.5. The lowest BCUT2D eigenvalue weighted by Crippen LogP contribution is -2.39. The molecule has 7 rings (SSSR count). The van der Waals surface area contributed by atoms with Gasteiger partial charge in [-0.1, -0.05) is 162 Å². The van der Waals surface area contributed by atoms with Gasteiger partial charge in [-0.3, -0.25) is 0 Å². The van der Waals surface area contributed by atoms with E-state index >= 15 is 0 Å². The van der Waals surface area contributed by atoms with Crippen LogP contribution in [0.25, 0.3) is 0 Å². The van der Waals surface area contributed by atoms with E-state index < -0.39 is 35.6 Å². The Bertz CT molecular complexity index is 2370. The van der Waals surface area contributed by atoms with Crippen molar-refractivity contribution in [3.8, 4) is 0 Å². The first-order chi connectivity index (χ1) is 35.3. The van der Waals surface area contributed by atoms with E-state index in [1.165, 1.54) is 29.8 Å². The summed E-state index contributed by atoms with van der Waals surface area (Å²) < 4.78 is 85.8. The highest BCUT2D eigenvalue weighted by atomic mass is 32.8. The van der Waals surface area contributed by atoms with Crippen molar-refractivity contribution in [2.75, 3.05) is 5.73 Å². The number of para-hydroxylation sites is 1. The third kappa shape index (κ3) is 16.8. The molecule has 13 atom stereocenters. The smallest absolute Gasteiger partial charge is 0.307 e. The first-order valence-electron chi connectivity index (χ1n) is 28.9. The van der Waals surface area contributed by atoms with Crippen LogP contribution in [0.4, 0.5) is 5.69 Å². The Morgan fingerprint density at radius 2 is 0.827 bits per heavy atom. The quantitative estimate of drug-likeness (QED) is 0.0919. The van der Waals surface area contributed by atoms with Crippen molar-refractivity contribution in [3.63, 3.8) is 0 Å². The van der Waals surface area contributed by atoms with E-state index in [2.05, 4.69) is 83.1 Å². The number of sulfonamides is 1. The van der Waals surface area contributed by atoms with Crippen LogP contribution in [0.15, 0.2) is 82.6 Å². The van der Waals surface area contributed by atoms with Gasteiger partial charge in [0.15, 0.2) is 0 Å². The molecule has 10 nitrogen and oxygen atoms in total. The van der Waals surface area contributed by atoms with E-state index in [9.17, 15) is 16.8 Å². The van der Waals surface area contributed by atoms with E-state index in [-0.39, 0.29) is 35.9 Å². The Kier molecular flexibility index (Phi) is 23.2. The molecule has 0 amide bonds. The molecule has 3 aromatic rings. The van der Waals surface area contributed by atoms with Crippen molar-refractivity contribution in [1.82, 2.24) is 4.08 Å². The van der Waals surface area contributed by atoms with E-state index in [0.717, 1.165) is 68.1 Å². The van der Waals surface area contributed by atoms with Gasteiger partial charge in [0.25, 0.3) is 8.53 Å². The lowest BCUT2D eigenvalue weighted by atomic mass is 9.75. The molecule has 2 unspecified atom stereocenters. The fourth-order valence-electron chi connectivity index (χ4n) is 12.3. The van der Waals surface area contributed by atoms with E-state index in [4.69, 9.17) is 23.8 Å². The minimum Gasteiger partial charge on any atom is -0.398 e. The molecule has 14 heteroatoms. The number of nitrogen functional groups attached to an aromatic ring is 1. The van der Waals surface area contributed by atoms with Crippen molar-refractivity contribution in [2.45, 2.75) is 215 Å². The molecule has 0 heterocycles. The van der Waals surface area contributed by atoms with Crippen LogP contribution in [0.5, 0.6) is 0 Å². The van der Waals surface area contributed by atoms with Gasteiger partial charge in [0.05, 0.1) is 34.2 Å². The lowest BCUT2D eigenvalue weighted by Gasteiger charge is -2.43. The zero-order valence-electron chi connectivity index (χ0n) is 48.4. The van der Waals surface area contributed by atoms with Crippen LogP contribution in [0, 0.1) is 84.9 Å². The maximum Gasteiger partial charge on any atom is 0.307 e. The van der Waals surface area contributed by atoms with E-state index in [1.807, 2.05) is 62.4 Å². The minimum atomic E-state index is -3.98. The fourth-order valence-corrected chi connectivity index (χ4v) is 20.2. The topological polar surface area (TPSA) is 134 Å². The Labute approximate surface area is 458 Å². The summed E-state index contributed by atoms with van der Waals surface area (Å²) in [4.78, 5) is 0.561. The highest BCUT2D eigenvalue weighted by Gasteiger charge is 2.46. The summed E-state index contributed by atoms with van der Waals surface area (Å²) in [6.07, 6.45) is 12.4. The monoisotopic (exact) mass is 1110 g/mol. The predicted octanol–water partition coefficient (Wildman–Crippen LogP) is 16.9. The number of rotatable bonds is 19. The molecule has 0 bridgehead atoms. The summed E-state index contributed by atoms with van der Waals surface area (Å²) >= 11 is 0. The number of hydrogen-bond donors (Lipinski definition) is 1. The van der Waals surface area contributed by atoms with Crippen molar-refractivity contribution in [3.05, 3.63) is 89.5 Å². The standard InChI is InChI=1S/C34H53N2O4PS.C27H45O4PS/c1-23(2)30-18-14-26(6)20-33(30)39-41(40-34-21-27(7)15-19-31(34)24(3)4)36(22-28-10-8-9-11-32(28)35)42(37,38)29-16-12-25(5)13-17-29;1-18(2)24-14-10-21(6)16-26(24)30-32(33(28,29)23-12-8-20(5)9-13-23)31-27-17-22(7)11-15-25(27)19(3)4/h8-13,16-17,23-24,26-27,30-31,33-34H,14-15,18-22,35H2,1-7H3;8-9,12-13,18-19,21-22,24-27H,10-11,14-17H2,1-7H3/t26-,27-,30+,31+,33-,34-;21-,22-,24+,25+,26-,27?,32?/m11/s1. The summed E-state index contributed by atoms with van der Waals surface area (Å²) in [6.45, 7) is 31.0. The second-order valence-electron chi connectivity index (χ2n) is 25.1. The van der Waals surface area contributed by atoms with Gasteiger partial charge in [-0.15, -0.1) is 4.08 Å². The largest absolute Gasteiger partial charge is 0.398 e. The van der Waals surface area contributed by atoms with Crippen LogP contribution >= 0.6 is 16.1 Å². The maximum atomic E-state index is 14.6. The van der Waals surface area contributed by atoms with Crippen LogP contribution in [0.3, 0.4) is 0 Å². The molecular weight excluding hydrogens is 1010 g/mol. The summed E-state index contributed by atoms with van der Waals surface area (Å²) in [5.74, 6) is 5.36. The minimum absolute atomic E-state index is 0.0674. The molecule has 0 aliphatic heterocycles. The van der Waals surface area contributed by atoms with Crippen molar-refractivity contribution >= 4 is 41.3 Å². The number of aryl methyl sites for hydroxylation is 2. The average Bonchev–Trinajstić information content (AvgIpc) is 3.33. The molecule has 422 valence electrons. The number of nitrogens with two attached hydrogens (primary N) is 1. The second-order valence-corrected chi connectivity index (χ2v) is 33.3. The molecule has 4 saturated carbocycles. The SMILES string of the molecule is Cc1ccc(S(=O)(=O)N(Cc2ccccc2N)P(O[C@@H]2C[C@H](C)CC[C@H]2C(C)C)O[C@@H]2C[C@H](C)CC[C@H]2C(C)C)cc1.Cc1ccc(S(=O)(=O)P(OC2C[C@H](C)CC[C@H]2C(C)C)O[C@@H]2C[C@H](C)CC[C@H]2C(C)C)cc1. The molecule has 75 heavy (non-hydrogen) atoms. The molecule has 4 aliphatic carbocycles. The summed E-state index contributed by atoms with van der Waals surface area (Å²) in [7, 11) is -11.8. The Balaban J connectivity index is 0.000000251. The van der Waals surface area contributed by atoms with Crippen molar-refractivity contribution < 1.29 is 34.9 Å². The second kappa shape index (κ2) is 27.9. The van der Waals surface area contributed by atoms with Gasteiger partial charge < -0.3 is 23.8 Å². The van der Waals surface area contributed by atoms with E-state index in [0.29, 0.717) is 81.6 Å². The highest BCUT2D eigenvalue weighted by Crippen LogP contribution is 2.58. The van der Waals surface area contributed by atoms with Crippen LogP contribution in [0.2, 0.25) is 0 Å². The van der Waals surface area contributed by atoms with Gasteiger partial charge >= 0.3 is 7.58 Å². The van der Waals surface area contributed by atoms with Crippen LogP contribution in [-0.2, 0) is 44.1 Å².